The Morgan fingerprint density at radius 2 is 2.31 bits per heavy atom. The lowest BCUT2D eigenvalue weighted by molar-refractivity contribution is 0.0693. The van der Waals surface area contributed by atoms with Crippen LogP contribution in [0.4, 0.5) is 0 Å². The lowest BCUT2D eigenvalue weighted by Crippen LogP contribution is -2.21. The summed E-state index contributed by atoms with van der Waals surface area (Å²) in [7, 11) is 0. The summed E-state index contributed by atoms with van der Waals surface area (Å²) in [6.07, 6.45) is 1.44. The number of nitrogens with one attached hydrogen (secondary N) is 1. The van der Waals surface area contributed by atoms with E-state index in [9.17, 15) is 9.59 Å². The first-order valence-electron chi connectivity index (χ1n) is 4.47. The van der Waals surface area contributed by atoms with E-state index < -0.39 is 11.5 Å². The first-order valence-corrected chi connectivity index (χ1v) is 4.47. The van der Waals surface area contributed by atoms with Crippen molar-refractivity contribution in [3.05, 3.63) is 40.0 Å². The van der Waals surface area contributed by atoms with Crippen molar-refractivity contribution in [2.75, 3.05) is 0 Å². The quantitative estimate of drug-likeness (QED) is 0.788. The molecule has 0 aromatic carbocycles. The largest absolute Gasteiger partial charge is 0.477 e. The van der Waals surface area contributed by atoms with Gasteiger partial charge in [-0.25, -0.2) is 9.78 Å². The number of carboxylic acids is 1. The van der Waals surface area contributed by atoms with Crippen LogP contribution in [0, 0.1) is 6.92 Å². The summed E-state index contributed by atoms with van der Waals surface area (Å²) in [5.74, 6) is -0.688. The minimum absolute atomic E-state index is 0.155. The monoisotopic (exact) mass is 220 g/mol. The van der Waals surface area contributed by atoms with Crippen molar-refractivity contribution in [1.82, 2.24) is 9.97 Å². The molecule has 0 aliphatic rings. The van der Waals surface area contributed by atoms with Gasteiger partial charge in [-0.15, -0.1) is 0 Å². The van der Waals surface area contributed by atoms with Crippen LogP contribution in [0.1, 0.15) is 16.1 Å². The highest BCUT2D eigenvalue weighted by Gasteiger charge is 2.16. The molecule has 0 amide bonds. The molecule has 0 bridgehead atoms. The van der Waals surface area contributed by atoms with Crippen LogP contribution in [-0.4, -0.2) is 21.0 Å². The summed E-state index contributed by atoms with van der Waals surface area (Å²) in [5, 5.41) is 8.78. The fraction of sp³-hybridized carbons (Fsp3) is 0.100. The molecule has 0 atom stereocenters. The van der Waals surface area contributed by atoms with Crippen LogP contribution in [0.15, 0.2) is 27.6 Å². The van der Waals surface area contributed by atoms with Crippen LogP contribution >= 0.6 is 0 Å². The summed E-state index contributed by atoms with van der Waals surface area (Å²) in [6.45, 7) is 1.46. The van der Waals surface area contributed by atoms with Crippen molar-refractivity contribution in [2.45, 2.75) is 6.92 Å². The Bertz CT molecular complexity index is 583. The lowest BCUT2D eigenvalue weighted by Gasteiger charge is -2.01. The van der Waals surface area contributed by atoms with Gasteiger partial charge in [0.05, 0.1) is 12.0 Å². The number of aromatic nitrogens is 2. The third-order valence-corrected chi connectivity index (χ3v) is 2.07. The maximum atomic E-state index is 11.5. The van der Waals surface area contributed by atoms with Gasteiger partial charge in [-0.05, 0) is 19.1 Å². The number of furan rings is 1. The fourth-order valence-electron chi connectivity index (χ4n) is 1.37. The zero-order valence-electron chi connectivity index (χ0n) is 8.35. The van der Waals surface area contributed by atoms with Crippen LogP contribution in [0.2, 0.25) is 0 Å². The molecule has 82 valence electrons. The second-order valence-electron chi connectivity index (χ2n) is 3.16. The van der Waals surface area contributed by atoms with Crippen molar-refractivity contribution in [3.8, 4) is 11.6 Å². The predicted molar refractivity (Wildman–Crippen MR) is 54.3 cm³/mol. The van der Waals surface area contributed by atoms with E-state index in [2.05, 4.69) is 9.97 Å². The highest BCUT2D eigenvalue weighted by molar-refractivity contribution is 5.88. The van der Waals surface area contributed by atoms with Gasteiger partial charge < -0.3 is 14.5 Å². The number of aromatic amines is 1. The molecule has 0 aliphatic heterocycles. The molecule has 0 saturated carbocycles. The molecule has 2 N–H and O–H groups in total. The van der Waals surface area contributed by atoms with Gasteiger partial charge in [0.25, 0.3) is 5.56 Å². The molecule has 0 fully saturated rings. The number of H-pyrrole nitrogens is 1. The molecule has 2 heterocycles. The van der Waals surface area contributed by atoms with Crippen molar-refractivity contribution in [2.24, 2.45) is 0 Å². The van der Waals surface area contributed by atoms with Gasteiger partial charge in [-0.1, -0.05) is 0 Å². The normalized spacial score (nSPS) is 10.3. The summed E-state index contributed by atoms with van der Waals surface area (Å²) < 4.78 is 5.05. The third kappa shape index (κ3) is 1.60. The molecule has 2 aromatic heterocycles. The van der Waals surface area contributed by atoms with Gasteiger partial charge in [0, 0.05) is 0 Å². The number of hydrogen-bond donors (Lipinski definition) is 2. The molecule has 0 unspecified atom stereocenters. The summed E-state index contributed by atoms with van der Waals surface area (Å²) in [5.41, 5.74) is -0.885. The second kappa shape index (κ2) is 3.65. The molecule has 16 heavy (non-hydrogen) atoms. The van der Waals surface area contributed by atoms with Crippen molar-refractivity contribution >= 4 is 5.97 Å². The van der Waals surface area contributed by atoms with Gasteiger partial charge in [-0.3, -0.25) is 4.79 Å². The van der Waals surface area contributed by atoms with Crippen LogP contribution in [-0.2, 0) is 0 Å². The Balaban J connectivity index is 2.63. The van der Waals surface area contributed by atoms with Gasteiger partial charge in [0.1, 0.15) is 5.56 Å². The number of nitrogens with zero attached hydrogens (tertiary/aromatic N) is 1. The van der Waals surface area contributed by atoms with E-state index in [0.717, 1.165) is 0 Å². The topological polar surface area (TPSA) is 96.2 Å². The van der Waals surface area contributed by atoms with E-state index in [1.165, 1.54) is 13.2 Å². The third-order valence-electron chi connectivity index (χ3n) is 2.07. The zero-order valence-corrected chi connectivity index (χ0v) is 8.35. The van der Waals surface area contributed by atoms with Crippen LogP contribution in [0.5, 0.6) is 0 Å². The highest BCUT2D eigenvalue weighted by atomic mass is 16.4. The van der Waals surface area contributed by atoms with Gasteiger partial charge in [-0.2, -0.15) is 0 Å². The van der Waals surface area contributed by atoms with E-state index >= 15 is 0 Å². The van der Waals surface area contributed by atoms with E-state index in [4.69, 9.17) is 9.52 Å². The Kier molecular flexibility index (Phi) is 2.32. The average molecular weight is 220 g/mol. The molecule has 0 saturated heterocycles. The maximum Gasteiger partial charge on any atom is 0.343 e. The predicted octanol–water partition coefficient (Wildman–Crippen LogP) is 1.04. The minimum atomic E-state index is -1.29. The first kappa shape index (κ1) is 10.2. The molecular formula is C10H8N2O4. The Hall–Kier alpha value is -2.37. The Labute approximate surface area is 89.6 Å². The zero-order chi connectivity index (χ0) is 11.7. The SMILES string of the molecule is Cc1nc(-c2ccco2)[nH]c(=O)c1C(=O)O. The highest BCUT2D eigenvalue weighted by Crippen LogP contribution is 2.14. The molecule has 6 heteroatoms. The Morgan fingerprint density at radius 1 is 1.56 bits per heavy atom. The van der Waals surface area contributed by atoms with E-state index in [1.54, 1.807) is 12.1 Å². The molecule has 0 radical (unpaired) electrons. The molecule has 0 spiro atoms. The fourth-order valence-corrected chi connectivity index (χ4v) is 1.37. The molecule has 6 nitrogen and oxygen atoms in total. The van der Waals surface area contributed by atoms with Gasteiger partial charge >= 0.3 is 5.97 Å². The van der Waals surface area contributed by atoms with E-state index in [0.29, 0.717) is 5.76 Å². The number of carbonyl (C=O) groups is 1. The lowest BCUT2D eigenvalue weighted by atomic mass is 10.2. The summed E-state index contributed by atoms with van der Waals surface area (Å²) in [4.78, 5) is 28.6. The molecule has 2 rings (SSSR count). The number of aryl methyl sites for hydroxylation is 1. The maximum absolute atomic E-state index is 11.5. The van der Waals surface area contributed by atoms with Gasteiger partial charge in [0.15, 0.2) is 11.6 Å². The number of rotatable bonds is 2. The number of hydrogen-bond acceptors (Lipinski definition) is 4. The Morgan fingerprint density at radius 3 is 2.81 bits per heavy atom. The first-order chi connectivity index (χ1) is 7.59. The summed E-state index contributed by atoms with van der Waals surface area (Å²) in [6, 6.07) is 3.27. The summed E-state index contributed by atoms with van der Waals surface area (Å²) >= 11 is 0. The van der Waals surface area contributed by atoms with Crippen LogP contribution in [0.3, 0.4) is 0 Å². The van der Waals surface area contributed by atoms with Crippen molar-refractivity contribution < 1.29 is 14.3 Å². The van der Waals surface area contributed by atoms with Crippen LogP contribution < -0.4 is 5.56 Å². The molecular weight excluding hydrogens is 212 g/mol. The number of carboxylic acid groups (broad SMARTS) is 1. The second-order valence-corrected chi connectivity index (χ2v) is 3.16. The smallest absolute Gasteiger partial charge is 0.343 e. The molecule has 0 aliphatic carbocycles. The number of aromatic carboxylic acids is 1. The average Bonchev–Trinajstić information content (AvgIpc) is 2.67. The van der Waals surface area contributed by atoms with Crippen molar-refractivity contribution in [1.29, 1.82) is 0 Å². The van der Waals surface area contributed by atoms with Gasteiger partial charge in [0.2, 0.25) is 0 Å². The minimum Gasteiger partial charge on any atom is -0.477 e. The van der Waals surface area contributed by atoms with Crippen molar-refractivity contribution in [3.63, 3.8) is 0 Å². The van der Waals surface area contributed by atoms with Crippen LogP contribution in [0.25, 0.3) is 11.6 Å². The van der Waals surface area contributed by atoms with E-state index in [1.807, 2.05) is 0 Å². The van der Waals surface area contributed by atoms with E-state index in [-0.39, 0.29) is 17.1 Å². The molecule has 2 aromatic rings. The standard InChI is InChI=1S/C10H8N2O4/c1-5-7(10(14)15)9(13)12-8(11-5)6-3-2-4-16-6/h2-4H,1H3,(H,14,15)(H,11,12,13).